The highest BCUT2D eigenvalue weighted by molar-refractivity contribution is 5.94. The van der Waals surface area contributed by atoms with E-state index in [4.69, 9.17) is 5.26 Å². The fraction of sp³-hybridized carbons (Fsp3) is 0.250. The summed E-state index contributed by atoms with van der Waals surface area (Å²) in [7, 11) is 0. The molecule has 0 unspecified atom stereocenters. The first-order chi connectivity index (χ1) is 8.15. The fourth-order valence-electron chi connectivity index (χ4n) is 1.20. The van der Waals surface area contributed by atoms with E-state index in [0.717, 1.165) is 0 Å². The molecule has 0 saturated heterocycles. The van der Waals surface area contributed by atoms with Gasteiger partial charge in [0.1, 0.15) is 6.42 Å². The maximum atomic E-state index is 11.2. The van der Waals surface area contributed by atoms with Crippen molar-refractivity contribution in [1.29, 1.82) is 5.26 Å². The molecule has 0 radical (unpaired) electrons. The van der Waals surface area contributed by atoms with Gasteiger partial charge in [0.05, 0.1) is 6.07 Å². The van der Waals surface area contributed by atoms with Crippen molar-refractivity contribution in [2.24, 2.45) is 0 Å². The monoisotopic (exact) mass is 231 g/mol. The van der Waals surface area contributed by atoms with Crippen molar-refractivity contribution in [3.63, 3.8) is 0 Å². The molecule has 17 heavy (non-hydrogen) atoms. The van der Waals surface area contributed by atoms with Gasteiger partial charge in [-0.1, -0.05) is 13.0 Å². The van der Waals surface area contributed by atoms with E-state index < -0.39 is 0 Å². The van der Waals surface area contributed by atoms with Crippen molar-refractivity contribution in [3.8, 4) is 6.07 Å². The Kier molecular flexibility index (Phi) is 4.70. The maximum Gasteiger partial charge on any atom is 0.238 e. The van der Waals surface area contributed by atoms with E-state index in [9.17, 15) is 9.59 Å². The van der Waals surface area contributed by atoms with Crippen LogP contribution in [0.4, 0.5) is 11.4 Å². The number of nitrogens with one attached hydrogen (secondary N) is 2. The molecule has 0 atom stereocenters. The average molecular weight is 231 g/mol. The van der Waals surface area contributed by atoms with Gasteiger partial charge < -0.3 is 10.6 Å². The second-order valence-corrected chi connectivity index (χ2v) is 3.37. The molecule has 0 aliphatic carbocycles. The Morgan fingerprint density at radius 1 is 1.24 bits per heavy atom. The van der Waals surface area contributed by atoms with Crippen LogP contribution in [0, 0.1) is 11.3 Å². The summed E-state index contributed by atoms with van der Waals surface area (Å²) in [6.07, 6.45) is 0.205. The molecular formula is C12H13N3O2. The second kappa shape index (κ2) is 6.28. The molecular weight excluding hydrogens is 218 g/mol. The van der Waals surface area contributed by atoms with Gasteiger partial charge in [0.2, 0.25) is 11.8 Å². The molecule has 0 aromatic heterocycles. The standard InChI is InChI=1S/C12H13N3O2/c1-2-11(16)14-9-4-3-5-10(8-9)15-12(17)6-7-13/h3-5,8H,2,6H2,1H3,(H,14,16)(H,15,17). The van der Waals surface area contributed by atoms with Crippen molar-refractivity contribution in [3.05, 3.63) is 24.3 Å². The second-order valence-electron chi connectivity index (χ2n) is 3.37. The van der Waals surface area contributed by atoms with Gasteiger partial charge in [-0.05, 0) is 18.2 Å². The minimum absolute atomic E-state index is 0.0921. The van der Waals surface area contributed by atoms with E-state index in [1.807, 2.05) is 0 Å². The third-order valence-electron chi connectivity index (χ3n) is 1.99. The van der Waals surface area contributed by atoms with Crippen LogP contribution in [0.1, 0.15) is 19.8 Å². The van der Waals surface area contributed by atoms with Crippen LogP contribution < -0.4 is 10.6 Å². The average Bonchev–Trinajstić information content (AvgIpc) is 2.29. The first-order valence-electron chi connectivity index (χ1n) is 5.22. The predicted octanol–water partition coefficient (Wildman–Crippen LogP) is 1.89. The smallest absolute Gasteiger partial charge is 0.238 e. The van der Waals surface area contributed by atoms with Crippen LogP contribution in [0.25, 0.3) is 0 Å². The summed E-state index contributed by atoms with van der Waals surface area (Å²) in [6.45, 7) is 1.76. The molecule has 88 valence electrons. The van der Waals surface area contributed by atoms with Gasteiger partial charge >= 0.3 is 0 Å². The third kappa shape index (κ3) is 4.34. The Morgan fingerprint density at radius 2 is 1.82 bits per heavy atom. The SMILES string of the molecule is CCC(=O)Nc1cccc(NC(=O)CC#N)c1. The van der Waals surface area contributed by atoms with Gasteiger partial charge in [0, 0.05) is 17.8 Å². The first kappa shape index (κ1) is 12.7. The summed E-state index contributed by atoms with van der Waals surface area (Å²) in [5.74, 6) is -0.461. The predicted molar refractivity (Wildman–Crippen MR) is 64.2 cm³/mol. The van der Waals surface area contributed by atoms with Crippen LogP contribution in [0.3, 0.4) is 0 Å². The summed E-state index contributed by atoms with van der Waals surface area (Å²) < 4.78 is 0. The van der Waals surface area contributed by atoms with E-state index in [2.05, 4.69) is 10.6 Å². The number of amides is 2. The quantitative estimate of drug-likeness (QED) is 0.830. The summed E-state index contributed by atoms with van der Waals surface area (Å²) in [5.41, 5.74) is 1.17. The van der Waals surface area contributed by atoms with Crippen LogP contribution in [0.15, 0.2) is 24.3 Å². The van der Waals surface area contributed by atoms with E-state index in [0.29, 0.717) is 17.8 Å². The lowest BCUT2D eigenvalue weighted by Crippen LogP contribution is -2.12. The molecule has 0 heterocycles. The lowest BCUT2D eigenvalue weighted by atomic mass is 10.2. The normalized spacial score (nSPS) is 9.18. The zero-order valence-electron chi connectivity index (χ0n) is 9.49. The molecule has 0 aliphatic heterocycles. The third-order valence-corrected chi connectivity index (χ3v) is 1.99. The van der Waals surface area contributed by atoms with Gasteiger partial charge in [0.25, 0.3) is 0 Å². The molecule has 0 bridgehead atoms. The van der Waals surface area contributed by atoms with Crippen molar-refractivity contribution < 1.29 is 9.59 Å². The minimum atomic E-state index is -0.369. The molecule has 0 saturated carbocycles. The molecule has 1 aromatic rings. The minimum Gasteiger partial charge on any atom is -0.326 e. The van der Waals surface area contributed by atoms with Crippen LogP contribution >= 0.6 is 0 Å². The molecule has 5 heteroatoms. The van der Waals surface area contributed by atoms with Gasteiger partial charge in [-0.25, -0.2) is 0 Å². The zero-order valence-corrected chi connectivity index (χ0v) is 9.49. The van der Waals surface area contributed by atoms with E-state index in [1.165, 1.54) is 0 Å². The van der Waals surface area contributed by atoms with Crippen LogP contribution in [0.2, 0.25) is 0 Å². The van der Waals surface area contributed by atoms with Crippen molar-refractivity contribution in [2.45, 2.75) is 19.8 Å². The topological polar surface area (TPSA) is 82.0 Å². The van der Waals surface area contributed by atoms with Crippen molar-refractivity contribution >= 4 is 23.2 Å². The largest absolute Gasteiger partial charge is 0.326 e. The number of anilines is 2. The molecule has 2 amide bonds. The van der Waals surface area contributed by atoms with Crippen molar-refractivity contribution in [2.75, 3.05) is 10.6 Å². The van der Waals surface area contributed by atoms with Gasteiger partial charge in [0.15, 0.2) is 0 Å². The maximum absolute atomic E-state index is 11.2. The Bertz CT molecular complexity index is 463. The number of carbonyl (C=O) groups is 2. The molecule has 2 N–H and O–H groups in total. The molecule has 5 nitrogen and oxygen atoms in total. The number of hydrogen-bond acceptors (Lipinski definition) is 3. The Morgan fingerprint density at radius 3 is 2.35 bits per heavy atom. The van der Waals surface area contributed by atoms with E-state index in [1.54, 1.807) is 37.3 Å². The van der Waals surface area contributed by atoms with Gasteiger partial charge in [-0.2, -0.15) is 5.26 Å². The summed E-state index contributed by atoms with van der Waals surface area (Å²) >= 11 is 0. The van der Waals surface area contributed by atoms with Gasteiger partial charge in [-0.3, -0.25) is 9.59 Å². The molecule has 0 aliphatic rings. The van der Waals surface area contributed by atoms with Crippen LogP contribution in [0.5, 0.6) is 0 Å². The summed E-state index contributed by atoms with van der Waals surface area (Å²) in [5, 5.41) is 13.6. The molecule has 0 fully saturated rings. The molecule has 1 rings (SSSR count). The zero-order chi connectivity index (χ0) is 12.7. The first-order valence-corrected chi connectivity index (χ1v) is 5.22. The van der Waals surface area contributed by atoms with E-state index in [-0.39, 0.29) is 18.2 Å². The number of hydrogen-bond donors (Lipinski definition) is 2. The van der Waals surface area contributed by atoms with E-state index >= 15 is 0 Å². The lowest BCUT2D eigenvalue weighted by Gasteiger charge is -2.07. The number of nitriles is 1. The number of nitrogens with zero attached hydrogens (tertiary/aromatic N) is 1. The fourth-order valence-corrected chi connectivity index (χ4v) is 1.20. The number of benzene rings is 1. The Labute approximate surface area is 99.4 Å². The highest BCUT2D eigenvalue weighted by Gasteiger charge is 2.03. The highest BCUT2D eigenvalue weighted by atomic mass is 16.2. The van der Waals surface area contributed by atoms with Crippen LogP contribution in [-0.2, 0) is 9.59 Å². The number of carbonyl (C=O) groups excluding carboxylic acids is 2. The Balaban J connectivity index is 2.69. The number of rotatable bonds is 4. The Hall–Kier alpha value is -2.35. The molecule has 1 aromatic carbocycles. The highest BCUT2D eigenvalue weighted by Crippen LogP contribution is 2.15. The van der Waals surface area contributed by atoms with Crippen LogP contribution in [-0.4, -0.2) is 11.8 Å². The summed E-state index contributed by atoms with van der Waals surface area (Å²) in [6, 6.07) is 8.54. The van der Waals surface area contributed by atoms with Crippen molar-refractivity contribution in [1.82, 2.24) is 0 Å². The molecule has 0 spiro atoms. The summed E-state index contributed by atoms with van der Waals surface area (Å²) in [4.78, 5) is 22.4. The van der Waals surface area contributed by atoms with Gasteiger partial charge in [-0.15, -0.1) is 0 Å². The lowest BCUT2D eigenvalue weighted by molar-refractivity contribution is -0.116.